The van der Waals surface area contributed by atoms with Gasteiger partial charge in [0.05, 0.1) is 0 Å². The lowest BCUT2D eigenvalue weighted by atomic mass is 10.0. The summed E-state index contributed by atoms with van der Waals surface area (Å²) in [4.78, 5) is 0. The molecule has 0 saturated heterocycles. The highest BCUT2D eigenvalue weighted by molar-refractivity contribution is 5.25. The van der Waals surface area contributed by atoms with E-state index in [2.05, 4.69) is 12.1 Å². The molecule has 16 heavy (non-hydrogen) atoms. The Balaban J connectivity index is 2.03. The van der Waals surface area contributed by atoms with Crippen LogP contribution in [0.4, 0.5) is 4.39 Å². The van der Waals surface area contributed by atoms with Gasteiger partial charge < -0.3 is 0 Å². The third-order valence-electron chi connectivity index (χ3n) is 2.77. The van der Waals surface area contributed by atoms with E-state index in [0.717, 1.165) is 18.4 Å². The molecule has 0 bridgehead atoms. The second-order valence-corrected chi connectivity index (χ2v) is 4.07. The Morgan fingerprint density at radius 3 is 2.25 bits per heavy atom. The van der Waals surface area contributed by atoms with E-state index in [1.165, 1.54) is 11.1 Å². The Kier molecular flexibility index (Phi) is 3.35. The quantitative estimate of drug-likeness (QED) is 0.726. The molecule has 82 valence electrons. The highest BCUT2D eigenvalue weighted by Gasteiger charge is 1.99. The Hall–Kier alpha value is -1.63. The van der Waals surface area contributed by atoms with Gasteiger partial charge in [-0.25, -0.2) is 4.39 Å². The van der Waals surface area contributed by atoms with E-state index >= 15 is 0 Å². The summed E-state index contributed by atoms with van der Waals surface area (Å²) in [5.74, 6) is -0.122. The first kappa shape index (κ1) is 10.9. The topological polar surface area (TPSA) is 0 Å². The lowest BCUT2D eigenvalue weighted by Crippen LogP contribution is -1.93. The molecule has 0 radical (unpaired) electrons. The fraction of sp³-hybridized carbons (Fsp3) is 0.200. The maximum atomic E-state index is 13.1. The van der Waals surface area contributed by atoms with Crippen molar-refractivity contribution in [3.05, 3.63) is 71.0 Å². The van der Waals surface area contributed by atoms with Crippen molar-refractivity contribution < 1.29 is 4.39 Å². The van der Waals surface area contributed by atoms with Crippen molar-refractivity contribution >= 4 is 0 Å². The minimum atomic E-state index is -0.122. The minimum absolute atomic E-state index is 0.122. The van der Waals surface area contributed by atoms with Gasteiger partial charge in [-0.1, -0.05) is 42.5 Å². The van der Waals surface area contributed by atoms with Crippen LogP contribution in [-0.4, -0.2) is 0 Å². The van der Waals surface area contributed by atoms with E-state index in [-0.39, 0.29) is 5.82 Å². The molecule has 0 nitrogen and oxygen atoms in total. The molecule has 0 aliphatic carbocycles. The molecular weight excluding hydrogens is 199 g/mol. The molecule has 0 aliphatic rings. The molecule has 0 aromatic heterocycles. The van der Waals surface area contributed by atoms with Gasteiger partial charge in [0.25, 0.3) is 0 Å². The summed E-state index contributed by atoms with van der Waals surface area (Å²) in [5, 5.41) is 0. The Labute approximate surface area is 95.7 Å². The number of benzene rings is 2. The largest absolute Gasteiger partial charge is 0.207 e. The lowest BCUT2D eigenvalue weighted by molar-refractivity contribution is 0.617. The zero-order valence-corrected chi connectivity index (χ0v) is 9.41. The number of hydrogen-bond donors (Lipinski definition) is 0. The molecule has 2 rings (SSSR count). The van der Waals surface area contributed by atoms with Crippen LogP contribution in [0.15, 0.2) is 48.5 Å². The summed E-state index contributed by atoms with van der Waals surface area (Å²) in [6, 6.07) is 15.7. The van der Waals surface area contributed by atoms with Crippen LogP contribution >= 0.6 is 0 Å². The SMILES string of the molecule is Cc1cc(CCc2ccccc2)ccc1F. The molecule has 0 heterocycles. The van der Waals surface area contributed by atoms with Crippen molar-refractivity contribution in [1.82, 2.24) is 0 Å². The second-order valence-electron chi connectivity index (χ2n) is 4.07. The molecule has 0 amide bonds. The van der Waals surface area contributed by atoms with Crippen molar-refractivity contribution in [1.29, 1.82) is 0 Å². The first-order valence-electron chi connectivity index (χ1n) is 5.54. The van der Waals surface area contributed by atoms with E-state index in [4.69, 9.17) is 0 Å². The Bertz CT molecular complexity index is 460. The van der Waals surface area contributed by atoms with Crippen LogP contribution in [-0.2, 0) is 12.8 Å². The molecule has 0 spiro atoms. The lowest BCUT2D eigenvalue weighted by Gasteiger charge is -2.04. The molecule has 0 aliphatic heterocycles. The zero-order valence-electron chi connectivity index (χ0n) is 9.41. The van der Waals surface area contributed by atoms with Gasteiger partial charge >= 0.3 is 0 Å². The first-order valence-corrected chi connectivity index (χ1v) is 5.54. The van der Waals surface area contributed by atoms with E-state index in [9.17, 15) is 4.39 Å². The number of aryl methyl sites for hydroxylation is 3. The van der Waals surface area contributed by atoms with Gasteiger partial charge in [0.15, 0.2) is 0 Å². The predicted molar refractivity (Wildman–Crippen MR) is 65.0 cm³/mol. The fourth-order valence-electron chi connectivity index (χ4n) is 1.80. The van der Waals surface area contributed by atoms with Crippen molar-refractivity contribution in [2.24, 2.45) is 0 Å². The molecular formula is C15H15F. The average Bonchev–Trinajstić information content (AvgIpc) is 2.32. The zero-order chi connectivity index (χ0) is 11.4. The maximum Gasteiger partial charge on any atom is 0.126 e. The van der Waals surface area contributed by atoms with Gasteiger partial charge in [0.1, 0.15) is 5.82 Å². The smallest absolute Gasteiger partial charge is 0.126 e. The van der Waals surface area contributed by atoms with Crippen LogP contribution in [0.5, 0.6) is 0 Å². The van der Waals surface area contributed by atoms with Crippen LogP contribution in [0.3, 0.4) is 0 Å². The fourth-order valence-corrected chi connectivity index (χ4v) is 1.80. The average molecular weight is 214 g/mol. The molecule has 0 unspecified atom stereocenters. The monoisotopic (exact) mass is 214 g/mol. The van der Waals surface area contributed by atoms with Gasteiger partial charge in [0.2, 0.25) is 0 Å². The van der Waals surface area contributed by atoms with Crippen molar-refractivity contribution in [3.8, 4) is 0 Å². The maximum absolute atomic E-state index is 13.1. The Morgan fingerprint density at radius 2 is 1.56 bits per heavy atom. The third kappa shape index (κ3) is 2.69. The van der Waals surface area contributed by atoms with E-state index in [0.29, 0.717) is 0 Å². The van der Waals surface area contributed by atoms with E-state index < -0.39 is 0 Å². The van der Waals surface area contributed by atoms with E-state index in [1.807, 2.05) is 30.3 Å². The Morgan fingerprint density at radius 1 is 0.875 bits per heavy atom. The van der Waals surface area contributed by atoms with E-state index in [1.54, 1.807) is 13.0 Å². The summed E-state index contributed by atoms with van der Waals surface area (Å²) in [5.41, 5.74) is 3.25. The van der Waals surface area contributed by atoms with Crippen molar-refractivity contribution in [3.63, 3.8) is 0 Å². The summed E-state index contributed by atoms with van der Waals surface area (Å²) in [6.07, 6.45) is 1.97. The normalized spacial score (nSPS) is 10.4. The van der Waals surface area contributed by atoms with Crippen molar-refractivity contribution in [2.75, 3.05) is 0 Å². The highest BCUT2D eigenvalue weighted by atomic mass is 19.1. The van der Waals surface area contributed by atoms with Gasteiger partial charge in [-0.2, -0.15) is 0 Å². The minimum Gasteiger partial charge on any atom is -0.207 e. The van der Waals surface area contributed by atoms with Gasteiger partial charge in [-0.3, -0.25) is 0 Å². The first-order chi connectivity index (χ1) is 7.75. The molecule has 0 fully saturated rings. The summed E-state index contributed by atoms with van der Waals surface area (Å²) in [7, 11) is 0. The molecule has 2 aromatic carbocycles. The third-order valence-corrected chi connectivity index (χ3v) is 2.77. The molecule has 0 saturated carbocycles. The standard InChI is InChI=1S/C15H15F/c1-12-11-14(9-10-15(12)16)8-7-13-5-3-2-4-6-13/h2-6,9-11H,7-8H2,1H3. The van der Waals surface area contributed by atoms with Crippen LogP contribution in [0.2, 0.25) is 0 Å². The van der Waals surface area contributed by atoms with Crippen LogP contribution in [0, 0.1) is 12.7 Å². The number of rotatable bonds is 3. The van der Waals surface area contributed by atoms with Crippen LogP contribution < -0.4 is 0 Å². The van der Waals surface area contributed by atoms with Crippen LogP contribution in [0.25, 0.3) is 0 Å². The van der Waals surface area contributed by atoms with Gasteiger partial charge in [0, 0.05) is 0 Å². The van der Waals surface area contributed by atoms with Crippen molar-refractivity contribution in [2.45, 2.75) is 19.8 Å². The predicted octanol–water partition coefficient (Wildman–Crippen LogP) is 3.92. The molecule has 2 aromatic rings. The summed E-state index contributed by atoms with van der Waals surface area (Å²) >= 11 is 0. The van der Waals surface area contributed by atoms with Crippen LogP contribution in [0.1, 0.15) is 16.7 Å². The molecule has 0 N–H and O–H groups in total. The van der Waals surface area contributed by atoms with Gasteiger partial charge in [-0.05, 0) is 42.5 Å². The summed E-state index contributed by atoms with van der Waals surface area (Å²) < 4.78 is 13.1. The highest BCUT2D eigenvalue weighted by Crippen LogP contribution is 2.12. The molecule has 1 heteroatoms. The summed E-state index contributed by atoms with van der Waals surface area (Å²) in [6.45, 7) is 1.81. The second kappa shape index (κ2) is 4.93. The van der Waals surface area contributed by atoms with Gasteiger partial charge in [-0.15, -0.1) is 0 Å². The number of halogens is 1. The number of hydrogen-bond acceptors (Lipinski definition) is 0. The molecule has 0 atom stereocenters.